The first kappa shape index (κ1) is 11.6. The maximum absolute atomic E-state index is 5.54. The van der Waals surface area contributed by atoms with Crippen molar-refractivity contribution in [3.05, 3.63) is 12.7 Å². The van der Waals surface area contributed by atoms with E-state index in [-0.39, 0.29) is 11.6 Å². The van der Waals surface area contributed by atoms with Crippen LogP contribution in [0.5, 0.6) is 0 Å². The third-order valence-electron chi connectivity index (χ3n) is 2.63. The van der Waals surface area contributed by atoms with E-state index in [1.54, 1.807) is 0 Å². The van der Waals surface area contributed by atoms with E-state index < -0.39 is 0 Å². The van der Waals surface area contributed by atoms with Crippen LogP contribution in [0.15, 0.2) is 12.7 Å². The van der Waals surface area contributed by atoms with Crippen LogP contribution >= 0.6 is 0 Å². The standard InChI is InChI=1S/C9H21N3/c1-6-8(4)9(11-5,12-10)7(2)3/h6-8,11-12H,1,10H2,2-5H3/t8-,9?/m0/s1. The Labute approximate surface area is 75.4 Å². The highest BCUT2D eigenvalue weighted by Gasteiger charge is 2.34. The van der Waals surface area contributed by atoms with E-state index in [4.69, 9.17) is 5.84 Å². The molecule has 0 radical (unpaired) electrons. The van der Waals surface area contributed by atoms with E-state index in [2.05, 4.69) is 38.1 Å². The van der Waals surface area contributed by atoms with Gasteiger partial charge in [0.05, 0.1) is 5.66 Å². The van der Waals surface area contributed by atoms with Gasteiger partial charge in [0.1, 0.15) is 0 Å². The zero-order chi connectivity index (χ0) is 9.78. The molecule has 12 heavy (non-hydrogen) atoms. The topological polar surface area (TPSA) is 50.1 Å². The summed E-state index contributed by atoms with van der Waals surface area (Å²) in [6.45, 7) is 10.1. The predicted molar refractivity (Wildman–Crippen MR) is 53.3 cm³/mol. The van der Waals surface area contributed by atoms with Crippen LogP contribution in [-0.4, -0.2) is 12.7 Å². The van der Waals surface area contributed by atoms with E-state index in [0.717, 1.165) is 0 Å². The van der Waals surface area contributed by atoms with Crippen molar-refractivity contribution < 1.29 is 0 Å². The normalized spacial score (nSPS) is 18.8. The van der Waals surface area contributed by atoms with Crippen molar-refractivity contribution in [1.82, 2.24) is 10.7 Å². The summed E-state index contributed by atoms with van der Waals surface area (Å²) in [4.78, 5) is 0. The predicted octanol–water partition coefficient (Wildman–Crippen LogP) is 0.843. The van der Waals surface area contributed by atoms with Gasteiger partial charge in [-0.05, 0) is 13.0 Å². The van der Waals surface area contributed by atoms with Crippen molar-refractivity contribution in [2.75, 3.05) is 7.05 Å². The Balaban J connectivity index is 4.67. The molecule has 0 aromatic carbocycles. The molecule has 0 fully saturated rings. The van der Waals surface area contributed by atoms with Gasteiger partial charge in [-0.1, -0.05) is 26.8 Å². The van der Waals surface area contributed by atoms with E-state index >= 15 is 0 Å². The summed E-state index contributed by atoms with van der Waals surface area (Å²) in [6.07, 6.45) is 1.90. The third-order valence-corrected chi connectivity index (χ3v) is 2.63. The number of hydrazine groups is 1. The highest BCUT2D eigenvalue weighted by molar-refractivity contribution is 4.97. The van der Waals surface area contributed by atoms with Crippen LogP contribution in [0.4, 0.5) is 0 Å². The summed E-state index contributed by atoms with van der Waals surface area (Å²) in [6, 6.07) is 0. The minimum absolute atomic E-state index is 0.248. The van der Waals surface area contributed by atoms with Crippen molar-refractivity contribution in [3.8, 4) is 0 Å². The molecule has 0 saturated heterocycles. The van der Waals surface area contributed by atoms with Gasteiger partial charge < -0.3 is 5.32 Å². The molecular weight excluding hydrogens is 150 g/mol. The smallest absolute Gasteiger partial charge is 0.0895 e. The number of rotatable bonds is 5. The molecule has 72 valence electrons. The zero-order valence-electron chi connectivity index (χ0n) is 8.52. The molecule has 1 unspecified atom stereocenters. The molecule has 0 aromatic rings. The summed E-state index contributed by atoms with van der Waals surface area (Å²) < 4.78 is 0. The fraction of sp³-hybridized carbons (Fsp3) is 0.778. The molecule has 0 aromatic heterocycles. The molecule has 3 heteroatoms. The van der Waals surface area contributed by atoms with Crippen molar-refractivity contribution >= 4 is 0 Å². The second kappa shape index (κ2) is 4.60. The second-order valence-electron chi connectivity index (χ2n) is 3.44. The van der Waals surface area contributed by atoms with Crippen molar-refractivity contribution in [1.29, 1.82) is 0 Å². The molecule has 0 bridgehead atoms. The van der Waals surface area contributed by atoms with E-state index in [9.17, 15) is 0 Å². The average Bonchev–Trinajstić information content (AvgIpc) is 2.06. The Morgan fingerprint density at radius 2 is 1.92 bits per heavy atom. The Morgan fingerprint density at radius 1 is 1.42 bits per heavy atom. The van der Waals surface area contributed by atoms with Gasteiger partial charge in [-0.2, -0.15) is 0 Å². The summed E-state index contributed by atoms with van der Waals surface area (Å²) in [5, 5.41) is 3.21. The lowest BCUT2D eigenvalue weighted by atomic mass is 9.84. The Bertz CT molecular complexity index is 139. The lowest BCUT2D eigenvalue weighted by molar-refractivity contribution is 0.145. The van der Waals surface area contributed by atoms with Crippen molar-refractivity contribution in [2.45, 2.75) is 26.4 Å². The zero-order valence-corrected chi connectivity index (χ0v) is 8.52. The first-order valence-corrected chi connectivity index (χ1v) is 4.34. The number of nitrogens with two attached hydrogens (primary N) is 1. The fourth-order valence-electron chi connectivity index (χ4n) is 1.60. The van der Waals surface area contributed by atoms with Gasteiger partial charge in [0, 0.05) is 5.92 Å². The van der Waals surface area contributed by atoms with Crippen LogP contribution in [0.3, 0.4) is 0 Å². The van der Waals surface area contributed by atoms with E-state index in [0.29, 0.717) is 5.92 Å². The van der Waals surface area contributed by atoms with Gasteiger partial charge in [-0.15, -0.1) is 6.58 Å². The van der Waals surface area contributed by atoms with Crippen LogP contribution in [0.2, 0.25) is 0 Å². The third kappa shape index (κ3) is 1.86. The van der Waals surface area contributed by atoms with E-state index in [1.165, 1.54) is 0 Å². The highest BCUT2D eigenvalue weighted by Crippen LogP contribution is 2.22. The first-order valence-electron chi connectivity index (χ1n) is 4.34. The Hall–Kier alpha value is -0.380. The molecule has 4 N–H and O–H groups in total. The molecule has 0 aliphatic carbocycles. The highest BCUT2D eigenvalue weighted by atomic mass is 15.4. The Kier molecular flexibility index (Phi) is 4.45. The molecule has 0 heterocycles. The molecule has 0 saturated carbocycles. The minimum Gasteiger partial charge on any atom is -0.301 e. The fourth-order valence-corrected chi connectivity index (χ4v) is 1.60. The van der Waals surface area contributed by atoms with Crippen LogP contribution in [0, 0.1) is 11.8 Å². The van der Waals surface area contributed by atoms with Gasteiger partial charge in [-0.3, -0.25) is 5.84 Å². The van der Waals surface area contributed by atoms with Crippen LogP contribution in [0.25, 0.3) is 0 Å². The van der Waals surface area contributed by atoms with Crippen LogP contribution in [0.1, 0.15) is 20.8 Å². The molecule has 0 rings (SSSR count). The van der Waals surface area contributed by atoms with Crippen molar-refractivity contribution in [2.24, 2.45) is 17.7 Å². The molecule has 3 nitrogen and oxygen atoms in total. The van der Waals surface area contributed by atoms with Gasteiger partial charge in [-0.25, -0.2) is 5.43 Å². The van der Waals surface area contributed by atoms with Gasteiger partial charge >= 0.3 is 0 Å². The molecule has 0 spiro atoms. The number of nitrogens with one attached hydrogen (secondary N) is 2. The largest absolute Gasteiger partial charge is 0.301 e. The summed E-state index contributed by atoms with van der Waals surface area (Å²) in [5.74, 6) is 6.22. The van der Waals surface area contributed by atoms with Crippen LogP contribution in [-0.2, 0) is 0 Å². The molecule has 0 aliphatic rings. The van der Waals surface area contributed by atoms with Crippen molar-refractivity contribution in [3.63, 3.8) is 0 Å². The molecule has 0 amide bonds. The average molecular weight is 171 g/mol. The van der Waals surface area contributed by atoms with E-state index in [1.807, 2.05) is 13.1 Å². The SMILES string of the molecule is C=C[C@H](C)C(NC)(NN)C(C)C. The van der Waals surface area contributed by atoms with Gasteiger partial charge in [0.2, 0.25) is 0 Å². The number of hydrogen-bond donors (Lipinski definition) is 3. The number of hydrogen-bond acceptors (Lipinski definition) is 3. The summed E-state index contributed by atoms with van der Waals surface area (Å²) in [7, 11) is 1.90. The monoisotopic (exact) mass is 171 g/mol. The molecule has 2 atom stereocenters. The minimum atomic E-state index is -0.248. The summed E-state index contributed by atoms with van der Waals surface area (Å²) >= 11 is 0. The summed E-state index contributed by atoms with van der Waals surface area (Å²) in [5.41, 5.74) is 2.58. The molecular formula is C9H21N3. The maximum atomic E-state index is 5.54. The van der Waals surface area contributed by atoms with Crippen LogP contribution < -0.4 is 16.6 Å². The first-order chi connectivity index (χ1) is 5.55. The lowest BCUT2D eigenvalue weighted by Gasteiger charge is -2.40. The second-order valence-corrected chi connectivity index (χ2v) is 3.44. The quantitative estimate of drug-likeness (QED) is 0.249. The van der Waals surface area contributed by atoms with Gasteiger partial charge in [0.25, 0.3) is 0 Å². The Morgan fingerprint density at radius 3 is 2.00 bits per heavy atom. The molecule has 0 aliphatic heterocycles. The maximum Gasteiger partial charge on any atom is 0.0895 e. The lowest BCUT2D eigenvalue weighted by Crippen LogP contribution is -2.65. The van der Waals surface area contributed by atoms with Gasteiger partial charge in [0.15, 0.2) is 0 Å².